The number of fused-ring (bicyclic) bond motifs is 6. The molecule has 1 fully saturated rings. The normalized spacial score (nSPS) is 12.7. The van der Waals surface area contributed by atoms with Gasteiger partial charge in [-0.05, 0) is 164 Å². The Kier molecular flexibility index (Phi) is 25.0. The van der Waals surface area contributed by atoms with Crippen LogP contribution >= 0.6 is 46.4 Å². The van der Waals surface area contributed by atoms with Crippen molar-refractivity contribution in [3.05, 3.63) is 242 Å². The minimum atomic E-state index is -4.19. The van der Waals surface area contributed by atoms with E-state index in [1.54, 1.807) is 101 Å². The van der Waals surface area contributed by atoms with Crippen LogP contribution in [0.15, 0.2) is 194 Å². The standard InChI is InChI=1S/C23H19Cl2N7O2S.C22H19ClN8O.C22H22N6O3.C21H19ClF3N7/c1-32-23(28-20-10-9-19-18(21(20)25)13-26-30-19)29-22(31-32)15-7-5-14(6-8-15)12-27-35(33,34)17-4-2-3-16(24)11-17;1-3-24-21(32)14-7-6-13(12-5-4-10-25-19(12)14)20-28-22(31(2)30-20)27-17-9-8-16-15(18(17)23)11-26-29-16;1-28-22(24-17-9-8-16-15(11-23-26-16)19(17)12-4-5-12)25-20(27-28)13-6-7-14(21(29)31-3)18(10-13)30-2;1-31-20(27-17-5-4-16-15(18(17)22)9-26-29-16)28-19(30-31)13-2-3-14-10-32(11-21(23,24)25)7-6-12(14)8-13/h2-11,13,27H,12H2,1H3,(H,26,30)(H,28,29,31);4-11H,3H2,1-2H3,(H,24,32)(H,26,29)(H,27,28,30);6-12H,4-5H2,1-3H3,(H,23,26)(H,24,25,27);2-5,8-9H,6-7,10-11H2,1H3,(H,26,29)(H,27,28,30). The molecule has 130 heavy (non-hydrogen) atoms. The largest absolute Gasteiger partial charge is 0.496 e. The van der Waals surface area contributed by atoms with E-state index in [1.807, 2.05) is 123 Å². The Labute approximate surface area is 758 Å². The first-order valence-electron chi connectivity index (χ1n) is 40.4. The Morgan fingerprint density at radius 1 is 0.531 bits per heavy atom. The van der Waals surface area contributed by atoms with Crippen molar-refractivity contribution in [2.24, 2.45) is 28.2 Å². The molecule has 1 saturated carbocycles. The zero-order chi connectivity index (χ0) is 90.8. The first kappa shape index (κ1) is 87.7. The molecule has 2 aliphatic rings. The zero-order valence-corrected chi connectivity index (χ0v) is 74.0. The quantitative estimate of drug-likeness (QED) is 0.0282. The molecule has 9 aromatic heterocycles. The lowest BCUT2D eigenvalue weighted by Gasteiger charge is -2.29. The second-order valence-corrected chi connectivity index (χ2v) is 33.6. The molecule has 20 rings (SSSR count). The third-order valence-electron chi connectivity index (χ3n) is 21.6. The smallest absolute Gasteiger partial charge is 0.401 e. The lowest BCUT2D eigenvalue weighted by Crippen LogP contribution is -2.37. The lowest BCUT2D eigenvalue weighted by molar-refractivity contribution is -0.147. The van der Waals surface area contributed by atoms with Crippen LogP contribution in [-0.4, -0.2) is 170 Å². The van der Waals surface area contributed by atoms with Crippen molar-refractivity contribution in [2.45, 2.75) is 56.3 Å². The number of hydrogen-bond donors (Lipinski definition) is 10. The molecule has 42 heteroatoms. The van der Waals surface area contributed by atoms with E-state index < -0.39 is 28.7 Å². The fourth-order valence-corrected chi connectivity index (χ4v) is 17.0. The van der Waals surface area contributed by atoms with Gasteiger partial charge in [-0.3, -0.25) is 35.1 Å². The SMILES string of the molecule is CCNC(=O)c1ccc(-c2nc(Nc3ccc4[nH]ncc4c3Cl)n(C)n2)c2cccnc12.COC(=O)c1ccc(-c2nc(Nc3ccc4[nH]ncc4c3C3CC3)n(C)n2)cc1OC.Cn1nc(-c2ccc(CNS(=O)(=O)c3cccc(Cl)c3)cc2)nc1Nc1ccc2[nH]ncc2c1Cl.Cn1nc(-c2ccc3c(c2)CCN(CC(F)(F)F)C3)nc1Nc1ccc2[nH]ncc2c1Cl. The zero-order valence-electron chi connectivity index (χ0n) is 70.2. The van der Waals surface area contributed by atoms with E-state index in [2.05, 4.69) is 123 Å². The maximum atomic E-state index is 12.7. The van der Waals surface area contributed by atoms with Crippen molar-refractivity contribution in [1.82, 2.24) is 120 Å². The molecule has 18 aromatic rings. The van der Waals surface area contributed by atoms with Crippen LogP contribution in [0.5, 0.6) is 5.75 Å². The number of pyridine rings is 1. The third kappa shape index (κ3) is 19.0. The Hall–Kier alpha value is -14.4. The Morgan fingerprint density at radius 3 is 1.55 bits per heavy atom. The summed E-state index contributed by atoms with van der Waals surface area (Å²) in [6, 6.07) is 46.9. The van der Waals surface area contributed by atoms with Crippen LogP contribution in [0.25, 0.3) is 100 Å². The number of anilines is 8. The summed E-state index contributed by atoms with van der Waals surface area (Å²) >= 11 is 25.4. The number of benzene rings is 9. The molecule has 1 amide bonds. The van der Waals surface area contributed by atoms with Crippen LogP contribution in [-0.2, 0) is 62.5 Å². The molecule has 0 bridgehead atoms. The van der Waals surface area contributed by atoms with Gasteiger partial charge in [-0.2, -0.15) is 53.5 Å². The van der Waals surface area contributed by atoms with Crippen LogP contribution in [0, 0.1) is 0 Å². The third-order valence-corrected chi connectivity index (χ3v) is 24.4. The van der Waals surface area contributed by atoms with E-state index in [4.69, 9.17) is 55.9 Å². The van der Waals surface area contributed by atoms with Gasteiger partial charge in [0.1, 0.15) is 11.3 Å². The minimum absolute atomic E-state index is 0.117. The molecule has 10 N–H and O–H groups in total. The van der Waals surface area contributed by atoms with Crippen molar-refractivity contribution in [3.63, 3.8) is 0 Å². The molecule has 662 valence electrons. The number of nitrogens with one attached hydrogen (secondary N) is 10. The van der Waals surface area contributed by atoms with Crippen LogP contribution in [0.4, 0.5) is 59.7 Å². The molecule has 9 aromatic carbocycles. The average Bonchev–Trinajstić information content (AvgIpc) is 1.49. The number of hydrogen-bond acceptors (Lipinski definition) is 24. The molecular formula is C88H79Cl4F3N28O6S. The Bertz CT molecular complexity index is 7430. The van der Waals surface area contributed by atoms with Crippen LogP contribution in [0.1, 0.15) is 68.7 Å². The summed E-state index contributed by atoms with van der Waals surface area (Å²) in [5.74, 6) is 4.57. The topological polar surface area (TPSA) is 413 Å². The van der Waals surface area contributed by atoms with Gasteiger partial charge in [0.05, 0.1) is 116 Å². The molecule has 10 heterocycles. The lowest BCUT2D eigenvalue weighted by atomic mass is 9.97. The predicted molar refractivity (Wildman–Crippen MR) is 492 cm³/mol. The molecule has 0 radical (unpaired) electrons. The highest BCUT2D eigenvalue weighted by molar-refractivity contribution is 7.89. The number of carbonyl (C=O) groups is 2. The first-order chi connectivity index (χ1) is 62.7. The molecular weight excluding hydrogens is 1780 g/mol. The maximum absolute atomic E-state index is 12.7. The van der Waals surface area contributed by atoms with Crippen molar-refractivity contribution < 1.29 is 40.7 Å². The number of rotatable bonds is 22. The van der Waals surface area contributed by atoms with E-state index in [-0.39, 0.29) is 23.9 Å². The molecule has 34 nitrogen and oxygen atoms in total. The van der Waals surface area contributed by atoms with Gasteiger partial charge < -0.3 is 36.1 Å². The fraction of sp³-hybridized carbons (Fsp3) is 0.193. The van der Waals surface area contributed by atoms with Gasteiger partial charge in [-0.15, -0.1) is 20.4 Å². The van der Waals surface area contributed by atoms with Gasteiger partial charge in [0.25, 0.3) is 5.91 Å². The van der Waals surface area contributed by atoms with E-state index in [0.29, 0.717) is 132 Å². The number of ether oxygens (including phenoxy) is 2. The molecule has 0 atom stereocenters. The highest BCUT2D eigenvalue weighted by atomic mass is 35.5. The number of aromatic amines is 4. The summed E-state index contributed by atoms with van der Waals surface area (Å²) in [5, 5.41) is 68.3. The van der Waals surface area contributed by atoms with Gasteiger partial charge in [0, 0.05) is 120 Å². The highest BCUT2D eigenvalue weighted by Gasteiger charge is 2.34. The average molecular weight is 1860 g/mol. The van der Waals surface area contributed by atoms with E-state index in [1.165, 1.54) is 49.7 Å². The number of esters is 1. The van der Waals surface area contributed by atoms with Crippen molar-refractivity contribution >= 4 is 169 Å². The van der Waals surface area contributed by atoms with E-state index in [0.717, 1.165) is 93.6 Å². The maximum Gasteiger partial charge on any atom is 0.401 e. The molecule has 1 aliphatic heterocycles. The van der Waals surface area contributed by atoms with Gasteiger partial charge in [-0.1, -0.05) is 94.9 Å². The molecule has 1 aliphatic carbocycles. The second kappa shape index (κ2) is 37.1. The number of halogens is 7. The second-order valence-electron chi connectivity index (χ2n) is 30.3. The summed E-state index contributed by atoms with van der Waals surface area (Å²) < 4.78 is 82.5. The number of sulfonamides is 1. The summed E-state index contributed by atoms with van der Waals surface area (Å²) in [4.78, 5) is 48.9. The van der Waals surface area contributed by atoms with Gasteiger partial charge in [0.15, 0.2) is 23.3 Å². The number of aryl methyl sites for hydroxylation is 4. The number of amides is 1. The minimum Gasteiger partial charge on any atom is -0.496 e. The molecule has 0 unspecified atom stereocenters. The summed E-state index contributed by atoms with van der Waals surface area (Å²) in [5.41, 5.74) is 15.2. The monoisotopic (exact) mass is 1850 g/mol. The predicted octanol–water partition coefficient (Wildman–Crippen LogP) is 17.4. The van der Waals surface area contributed by atoms with Crippen LogP contribution in [0.2, 0.25) is 20.1 Å². The summed E-state index contributed by atoms with van der Waals surface area (Å²) in [6.45, 7) is 2.31. The Morgan fingerprint density at radius 2 is 1.02 bits per heavy atom. The number of alkyl halides is 3. The number of aromatic nitrogens is 21. The van der Waals surface area contributed by atoms with Gasteiger partial charge in [0.2, 0.25) is 33.8 Å². The van der Waals surface area contributed by atoms with E-state index >= 15 is 0 Å². The highest BCUT2D eigenvalue weighted by Crippen LogP contribution is 2.48. The number of nitrogens with zero attached hydrogens (tertiary/aromatic N) is 18. The van der Waals surface area contributed by atoms with Crippen molar-refractivity contribution in [2.75, 3.05) is 55.1 Å². The summed E-state index contributed by atoms with van der Waals surface area (Å²) in [6.07, 6.45) is 7.27. The number of H-pyrrole nitrogens is 4. The molecule has 0 spiro atoms. The van der Waals surface area contributed by atoms with Crippen molar-refractivity contribution in [1.29, 1.82) is 0 Å². The van der Waals surface area contributed by atoms with Gasteiger partial charge in [-0.25, -0.2) is 36.7 Å². The number of methoxy groups -OCH3 is 2. The van der Waals surface area contributed by atoms with Gasteiger partial charge >= 0.3 is 12.1 Å². The van der Waals surface area contributed by atoms with Crippen LogP contribution in [0.3, 0.4) is 0 Å². The first-order valence-corrected chi connectivity index (χ1v) is 43.4. The van der Waals surface area contributed by atoms with E-state index in [9.17, 15) is 31.2 Å². The van der Waals surface area contributed by atoms with Crippen molar-refractivity contribution in [3.8, 4) is 51.3 Å². The Balaban J connectivity index is 0.000000122. The molecule has 0 saturated heterocycles. The van der Waals surface area contributed by atoms with Crippen LogP contribution < -0.4 is 36.0 Å². The number of carbonyl (C=O) groups excluding carboxylic acids is 2. The fourth-order valence-electron chi connectivity index (χ4n) is 14.9. The summed E-state index contributed by atoms with van der Waals surface area (Å²) in [7, 11) is 6.36.